The molecule has 0 amide bonds. The predicted molar refractivity (Wildman–Crippen MR) is 119 cm³/mol. The van der Waals surface area contributed by atoms with E-state index in [1.807, 2.05) is 12.2 Å². The van der Waals surface area contributed by atoms with Crippen LogP contribution in [-0.2, 0) is 0 Å². The summed E-state index contributed by atoms with van der Waals surface area (Å²) in [5.74, 6) is -3.73. The van der Waals surface area contributed by atoms with Crippen molar-refractivity contribution in [3.63, 3.8) is 0 Å². The molecule has 0 aliphatic heterocycles. The van der Waals surface area contributed by atoms with E-state index in [4.69, 9.17) is 4.74 Å². The lowest BCUT2D eigenvalue weighted by Gasteiger charge is -2.20. The minimum Gasteiger partial charge on any atom is -0.494 e. The van der Waals surface area contributed by atoms with Crippen molar-refractivity contribution in [2.45, 2.75) is 19.3 Å². The number of hydrogen-bond acceptors (Lipinski definition) is 1. The molecule has 1 aliphatic rings. The van der Waals surface area contributed by atoms with Crippen LogP contribution in [0.5, 0.6) is 5.75 Å². The van der Waals surface area contributed by atoms with Crippen LogP contribution in [-0.4, -0.2) is 7.11 Å². The second-order valence-electron chi connectivity index (χ2n) is 7.81. The average Bonchev–Trinajstić information content (AvgIpc) is 2.83. The summed E-state index contributed by atoms with van der Waals surface area (Å²) in [5.41, 5.74) is 2.10. The number of rotatable bonds is 5. The Morgan fingerprint density at radius 3 is 1.84 bits per heavy atom. The molecule has 0 fully saturated rings. The molecule has 4 rings (SSSR count). The van der Waals surface area contributed by atoms with Crippen LogP contribution >= 0.6 is 0 Å². The van der Waals surface area contributed by atoms with Crippen LogP contribution in [0, 0.1) is 29.2 Å². The van der Waals surface area contributed by atoms with E-state index in [1.54, 1.807) is 36.4 Å². The van der Waals surface area contributed by atoms with E-state index < -0.39 is 23.3 Å². The van der Waals surface area contributed by atoms with Crippen molar-refractivity contribution < 1.29 is 22.3 Å². The minimum absolute atomic E-state index is 0.0546. The molecule has 1 unspecified atom stereocenters. The smallest absolute Gasteiger partial charge is 0.201 e. The number of ether oxygens (including phenoxy) is 1. The highest BCUT2D eigenvalue weighted by Crippen LogP contribution is 2.36. The molecule has 0 spiro atoms. The molecule has 3 aromatic carbocycles. The molecular weight excluding hydrogens is 416 g/mol. The first-order valence-electron chi connectivity index (χ1n) is 10.4. The summed E-state index contributed by atoms with van der Waals surface area (Å²) in [5, 5.41) is 0. The zero-order chi connectivity index (χ0) is 22.8. The highest BCUT2D eigenvalue weighted by Gasteiger charge is 2.20. The van der Waals surface area contributed by atoms with Crippen molar-refractivity contribution in [1.29, 1.82) is 0 Å². The third-order valence-corrected chi connectivity index (χ3v) is 5.99. The van der Waals surface area contributed by atoms with Gasteiger partial charge in [0.25, 0.3) is 0 Å². The van der Waals surface area contributed by atoms with Gasteiger partial charge in [0, 0.05) is 16.7 Å². The lowest BCUT2D eigenvalue weighted by atomic mass is 9.86. The van der Waals surface area contributed by atoms with Gasteiger partial charge in [-0.15, -0.1) is 6.58 Å². The standard InChI is InChI=1S/C27H22F4O/c1-3-16-4-6-17(7-5-16)20-12-13-21(25(29)24(20)28)18-8-10-19(11-9-18)22-14-15-23(32-2)27(31)26(22)30/h3,6,8-16H,1,4-5,7H2,2H3. The summed E-state index contributed by atoms with van der Waals surface area (Å²) in [6, 6.07) is 12.1. The number of methoxy groups -OCH3 is 1. The molecule has 164 valence electrons. The van der Waals surface area contributed by atoms with Crippen molar-refractivity contribution >= 4 is 5.57 Å². The molecule has 0 bridgehead atoms. The second kappa shape index (κ2) is 9.03. The Kier molecular flexibility index (Phi) is 6.17. The van der Waals surface area contributed by atoms with Gasteiger partial charge in [-0.1, -0.05) is 48.6 Å². The largest absolute Gasteiger partial charge is 0.494 e. The zero-order valence-corrected chi connectivity index (χ0v) is 17.6. The van der Waals surface area contributed by atoms with E-state index in [9.17, 15) is 17.6 Å². The van der Waals surface area contributed by atoms with Crippen LogP contribution in [0.2, 0.25) is 0 Å². The van der Waals surface area contributed by atoms with Gasteiger partial charge in [0.2, 0.25) is 5.82 Å². The fraction of sp³-hybridized carbons (Fsp3) is 0.185. The number of halogens is 4. The van der Waals surface area contributed by atoms with Gasteiger partial charge >= 0.3 is 0 Å². The maximum absolute atomic E-state index is 14.9. The summed E-state index contributed by atoms with van der Waals surface area (Å²) in [6.07, 6.45) is 6.15. The lowest BCUT2D eigenvalue weighted by Crippen LogP contribution is -2.04. The van der Waals surface area contributed by atoms with E-state index in [-0.39, 0.29) is 22.4 Å². The minimum atomic E-state index is -1.07. The Morgan fingerprint density at radius 2 is 1.31 bits per heavy atom. The van der Waals surface area contributed by atoms with Crippen LogP contribution in [0.25, 0.3) is 27.8 Å². The maximum atomic E-state index is 14.9. The monoisotopic (exact) mass is 438 g/mol. The van der Waals surface area contributed by atoms with Gasteiger partial charge in [0.1, 0.15) is 0 Å². The number of hydrogen-bond donors (Lipinski definition) is 0. The molecule has 0 aromatic heterocycles. The van der Waals surface area contributed by atoms with Crippen molar-refractivity contribution in [2.75, 3.05) is 7.11 Å². The molecule has 1 nitrogen and oxygen atoms in total. The summed E-state index contributed by atoms with van der Waals surface area (Å²) < 4.78 is 63.0. The lowest BCUT2D eigenvalue weighted by molar-refractivity contribution is 0.372. The van der Waals surface area contributed by atoms with Crippen molar-refractivity contribution in [3.8, 4) is 28.0 Å². The molecule has 0 heterocycles. The molecule has 0 saturated heterocycles. The third kappa shape index (κ3) is 3.95. The Morgan fingerprint density at radius 1 is 0.781 bits per heavy atom. The fourth-order valence-corrected chi connectivity index (χ4v) is 4.08. The van der Waals surface area contributed by atoms with E-state index in [0.29, 0.717) is 23.5 Å². The topological polar surface area (TPSA) is 9.23 Å². The predicted octanol–water partition coefficient (Wildman–Crippen LogP) is 7.96. The second-order valence-corrected chi connectivity index (χ2v) is 7.81. The first-order valence-corrected chi connectivity index (χ1v) is 10.4. The molecular formula is C27H22F4O. The zero-order valence-electron chi connectivity index (χ0n) is 17.6. The molecule has 0 N–H and O–H groups in total. The van der Waals surface area contributed by atoms with Gasteiger partial charge in [-0.3, -0.25) is 0 Å². The summed E-state index contributed by atoms with van der Waals surface area (Å²) >= 11 is 0. The van der Waals surface area contributed by atoms with Crippen molar-refractivity contribution in [1.82, 2.24) is 0 Å². The Bertz CT molecular complexity index is 1200. The Hall–Kier alpha value is -3.34. The molecule has 32 heavy (non-hydrogen) atoms. The van der Waals surface area contributed by atoms with Gasteiger partial charge < -0.3 is 4.74 Å². The van der Waals surface area contributed by atoms with Gasteiger partial charge in [-0.25, -0.2) is 13.2 Å². The van der Waals surface area contributed by atoms with Crippen LogP contribution in [0.3, 0.4) is 0 Å². The summed E-state index contributed by atoms with van der Waals surface area (Å²) in [6.45, 7) is 3.79. The average molecular weight is 438 g/mol. The SMILES string of the molecule is C=CC1CC=C(c2ccc(-c3ccc(-c4ccc(OC)c(F)c4F)cc3)c(F)c2F)CC1. The highest BCUT2D eigenvalue weighted by atomic mass is 19.2. The van der Waals surface area contributed by atoms with E-state index in [2.05, 4.69) is 6.58 Å². The molecule has 1 aliphatic carbocycles. The van der Waals surface area contributed by atoms with Gasteiger partial charge in [0.15, 0.2) is 23.2 Å². The highest BCUT2D eigenvalue weighted by molar-refractivity contribution is 5.74. The molecule has 5 heteroatoms. The van der Waals surface area contributed by atoms with Crippen LogP contribution < -0.4 is 4.74 Å². The summed E-state index contributed by atoms with van der Waals surface area (Å²) in [7, 11) is 1.26. The van der Waals surface area contributed by atoms with Gasteiger partial charge in [0.05, 0.1) is 7.11 Å². The van der Waals surface area contributed by atoms with Crippen LogP contribution in [0.4, 0.5) is 17.6 Å². The molecule has 0 saturated carbocycles. The van der Waals surface area contributed by atoms with E-state index in [0.717, 1.165) is 18.4 Å². The number of allylic oxidation sites excluding steroid dienone is 3. The summed E-state index contributed by atoms with van der Waals surface area (Å²) in [4.78, 5) is 0. The normalized spacial score (nSPS) is 15.9. The van der Waals surface area contributed by atoms with Crippen molar-refractivity contribution in [3.05, 3.63) is 96.1 Å². The Balaban J connectivity index is 1.64. The van der Waals surface area contributed by atoms with E-state index in [1.165, 1.54) is 19.2 Å². The first kappa shape index (κ1) is 21.9. The maximum Gasteiger partial charge on any atom is 0.201 e. The molecule has 3 aromatic rings. The number of benzene rings is 3. The van der Waals surface area contributed by atoms with Gasteiger partial charge in [-0.05, 0) is 54.0 Å². The van der Waals surface area contributed by atoms with Gasteiger partial charge in [-0.2, -0.15) is 4.39 Å². The first-order chi connectivity index (χ1) is 15.4. The van der Waals surface area contributed by atoms with Crippen LogP contribution in [0.15, 0.2) is 67.3 Å². The van der Waals surface area contributed by atoms with Crippen LogP contribution in [0.1, 0.15) is 24.8 Å². The fourth-order valence-electron chi connectivity index (χ4n) is 4.08. The third-order valence-electron chi connectivity index (χ3n) is 5.99. The quantitative estimate of drug-likeness (QED) is 0.290. The molecule has 1 atom stereocenters. The Labute approximate surface area is 184 Å². The van der Waals surface area contributed by atoms with E-state index >= 15 is 0 Å². The van der Waals surface area contributed by atoms with Crippen molar-refractivity contribution in [2.24, 2.45) is 5.92 Å². The molecule has 0 radical (unpaired) electrons.